The molecule has 1 heterocycles. The highest BCUT2D eigenvalue weighted by atomic mass is 32.1. The minimum absolute atomic E-state index is 0.123. The molecule has 82 valence electrons. The molecule has 2 rings (SSSR count). The van der Waals surface area contributed by atoms with E-state index < -0.39 is 5.97 Å². The topological polar surface area (TPSA) is 58.0 Å². The van der Waals surface area contributed by atoms with Gasteiger partial charge in [0.1, 0.15) is 6.54 Å². The average Bonchev–Trinajstić information content (AvgIpc) is 2.61. The zero-order valence-corrected chi connectivity index (χ0v) is 9.20. The van der Waals surface area contributed by atoms with Gasteiger partial charge in [-0.25, -0.2) is 0 Å². The highest BCUT2D eigenvalue weighted by Crippen LogP contribution is 2.16. The molecule has 0 radical (unpaired) electrons. The molecule has 5 heteroatoms. The SMILES string of the molecule is O=C(O)Cn1cc(-c2ccccc2)[nH]c1=S. The maximum atomic E-state index is 10.6. The molecule has 0 saturated carbocycles. The van der Waals surface area contributed by atoms with Crippen LogP contribution in [-0.2, 0) is 11.3 Å². The normalized spacial score (nSPS) is 10.2. The Balaban J connectivity index is 2.38. The van der Waals surface area contributed by atoms with Crippen molar-refractivity contribution in [2.24, 2.45) is 0 Å². The second kappa shape index (κ2) is 4.32. The van der Waals surface area contributed by atoms with Gasteiger partial charge in [-0.3, -0.25) is 4.79 Å². The van der Waals surface area contributed by atoms with Crippen molar-refractivity contribution in [3.05, 3.63) is 41.3 Å². The Morgan fingerprint density at radius 1 is 1.38 bits per heavy atom. The van der Waals surface area contributed by atoms with Gasteiger partial charge in [0.25, 0.3) is 0 Å². The monoisotopic (exact) mass is 234 g/mol. The lowest BCUT2D eigenvalue weighted by molar-refractivity contribution is -0.137. The Kier molecular flexibility index (Phi) is 2.87. The van der Waals surface area contributed by atoms with Crippen LogP contribution in [0.1, 0.15) is 0 Å². The number of aromatic nitrogens is 2. The van der Waals surface area contributed by atoms with E-state index in [2.05, 4.69) is 4.98 Å². The molecule has 1 aromatic carbocycles. The summed E-state index contributed by atoms with van der Waals surface area (Å²) < 4.78 is 1.92. The van der Waals surface area contributed by atoms with Crippen LogP contribution in [-0.4, -0.2) is 20.6 Å². The largest absolute Gasteiger partial charge is 0.480 e. The van der Waals surface area contributed by atoms with E-state index >= 15 is 0 Å². The summed E-state index contributed by atoms with van der Waals surface area (Å²) in [6, 6.07) is 9.63. The smallest absolute Gasteiger partial charge is 0.323 e. The number of aromatic amines is 1. The highest BCUT2D eigenvalue weighted by molar-refractivity contribution is 7.71. The first-order valence-corrected chi connectivity index (χ1v) is 5.14. The molecular formula is C11H10N2O2S. The van der Waals surface area contributed by atoms with Crippen LogP contribution in [0.2, 0.25) is 0 Å². The molecule has 0 aliphatic carbocycles. The highest BCUT2D eigenvalue weighted by Gasteiger charge is 2.05. The Labute approximate surface area is 97.2 Å². The fourth-order valence-electron chi connectivity index (χ4n) is 1.46. The number of hydrogen-bond donors (Lipinski definition) is 2. The third-order valence-corrected chi connectivity index (χ3v) is 2.51. The van der Waals surface area contributed by atoms with Crippen molar-refractivity contribution < 1.29 is 9.90 Å². The van der Waals surface area contributed by atoms with E-state index in [4.69, 9.17) is 17.3 Å². The first kappa shape index (κ1) is 10.6. The standard InChI is InChI=1S/C11H10N2O2S/c14-10(15)7-13-6-9(12-11(13)16)8-4-2-1-3-5-8/h1-6H,7H2,(H,12,16)(H,14,15). The summed E-state index contributed by atoms with van der Waals surface area (Å²) in [6.07, 6.45) is 1.71. The minimum Gasteiger partial charge on any atom is -0.480 e. The number of carboxylic acids is 1. The summed E-state index contributed by atoms with van der Waals surface area (Å²) in [4.78, 5) is 13.6. The summed E-state index contributed by atoms with van der Waals surface area (Å²) in [6.45, 7) is -0.123. The predicted molar refractivity (Wildman–Crippen MR) is 62.7 cm³/mol. The van der Waals surface area contributed by atoms with Crippen molar-refractivity contribution in [2.45, 2.75) is 6.54 Å². The molecule has 0 unspecified atom stereocenters. The molecule has 0 saturated heterocycles. The summed E-state index contributed by atoms with van der Waals surface area (Å²) in [7, 11) is 0. The molecule has 0 bridgehead atoms. The Morgan fingerprint density at radius 3 is 2.69 bits per heavy atom. The molecule has 4 nitrogen and oxygen atoms in total. The predicted octanol–water partition coefficient (Wildman–Crippen LogP) is 2.30. The fraction of sp³-hybridized carbons (Fsp3) is 0.0909. The maximum Gasteiger partial charge on any atom is 0.323 e. The number of carbonyl (C=O) groups is 1. The van der Waals surface area contributed by atoms with E-state index in [9.17, 15) is 4.79 Å². The van der Waals surface area contributed by atoms with Crippen LogP contribution < -0.4 is 0 Å². The molecular weight excluding hydrogens is 224 g/mol. The lowest BCUT2D eigenvalue weighted by Gasteiger charge is -1.96. The van der Waals surface area contributed by atoms with Gasteiger partial charge in [0, 0.05) is 6.20 Å². The van der Waals surface area contributed by atoms with Crippen molar-refractivity contribution in [1.29, 1.82) is 0 Å². The maximum absolute atomic E-state index is 10.6. The molecule has 1 aromatic heterocycles. The zero-order valence-electron chi connectivity index (χ0n) is 8.38. The van der Waals surface area contributed by atoms with Gasteiger partial charge >= 0.3 is 5.97 Å². The van der Waals surface area contributed by atoms with Crippen LogP contribution in [0.5, 0.6) is 0 Å². The molecule has 16 heavy (non-hydrogen) atoms. The Hall–Kier alpha value is -1.88. The first-order valence-electron chi connectivity index (χ1n) is 4.73. The van der Waals surface area contributed by atoms with E-state index in [0.29, 0.717) is 4.77 Å². The minimum atomic E-state index is -0.908. The molecule has 2 aromatic rings. The molecule has 0 aliphatic heterocycles. The summed E-state index contributed by atoms with van der Waals surface area (Å²) >= 11 is 5.04. The van der Waals surface area contributed by atoms with Crippen LogP contribution in [0.15, 0.2) is 36.5 Å². The average molecular weight is 234 g/mol. The van der Waals surface area contributed by atoms with E-state index in [0.717, 1.165) is 11.3 Å². The summed E-state index contributed by atoms with van der Waals surface area (Å²) in [5.41, 5.74) is 1.81. The third-order valence-electron chi connectivity index (χ3n) is 2.18. The van der Waals surface area contributed by atoms with E-state index in [1.807, 2.05) is 30.3 Å². The van der Waals surface area contributed by atoms with Gasteiger partial charge in [-0.1, -0.05) is 30.3 Å². The van der Waals surface area contributed by atoms with E-state index in [1.54, 1.807) is 6.20 Å². The van der Waals surface area contributed by atoms with Crippen molar-refractivity contribution in [2.75, 3.05) is 0 Å². The number of rotatable bonds is 3. The van der Waals surface area contributed by atoms with Gasteiger partial charge in [0.05, 0.1) is 5.69 Å². The second-order valence-corrected chi connectivity index (χ2v) is 3.75. The van der Waals surface area contributed by atoms with Gasteiger partial charge < -0.3 is 14.7 Å². The fourth-order valence-corrected chi connectivity index (χ4v) is 1.69. The van der Waals surface area contributed by atoms with E-state index in [-0.39, 0.29) is 6.54 Å². The van der Waals surface area contributed by atoms with Crippen molar-refractivity contribution in [3.8, 4) is 11.3 Å². The van der Waals surface area contributed by atoms with Gasteiger partial charge in [-0.2, -0.15) is 0 Å². The van der Waals surface area contributed by atoms with Crippen LogP contribution in [0.3, 0.4) is 0 Å². The van der Waals surface area contributed by atoms with Crippen molar-refractivity contribution >= 4 is 18.2 Å². The van der Waals surface area contributed by atoms with Crippen LogP contribution in [0, 0.1) is 4.77 Å². The molecule has 2 N–H and O–H groups in total. The number of benzene rings is 1. The number of carboxylic acid groups (broad SMARTS) is 1. The number of nitrogens with one attached hydrogen (secondary N) is 1. The second-order valence-electron chi connectivity index (χ2n) is 3.36. The van der Waals surface area contributed by atoms with Gasteiger partial charge in [-0.15, -0.1) is 0 Å². The zero-order chi connectivity index (χ0) is 11.5. The number of imidazole rings is 1. The Morgan fingerprint density at radius 2 is 2.06 bits per heavy atom. The lowest BCUT2D eigenvalue weighted by atomic mass is 10.2. The van der Waals surface area contributed by atoms with Gasteiger partial charge in [0.15, 0.2) is 4.77 Å². The number of hydrogen-bond acceptors (Lipinski definition) is 2. The molecule has 0 atom stereocenters. The number of nitrogens with zero attached hydrogens (tertiary/aromatic N) is 1. The van der Waals surface area contributed by atoms with Crippen LogP contribution in [0.4, 0.5) is 0 Å². The Bertz CT molecular complexity index is 557. The van der Waals surface area contributed by atoms with Crippen molar-refractivity contribution in [1.82, 2.24) is 9.55 Å². The molecule has 0 fully saturated rings. The lowest BCUT2D eigenvalue weighted by Crippen LogP contribution is -2.07. The summed E-state index contributed by atoms with van der Waals surface area (Å²) in [5, 5.41) is 8.69. The summed E-state index contributed by atoms with van der Waals surface area (Å²) in [5.74, 6) is -0.908. The molecule has 0 spiro atoms. The number of aliphatic carboxylic acids is 1. The third kappa shape index (κ3) is 2.20. The van der Waals surface area contributed by atoms with Crippen LogP contribution in [0.25, 0.3) is 11.3 Å². The molecule has 0 aliphatic rings. The van der Waals surface area contributed by atoms with E-state index in [1.165, 1.54) is 4.57 Å². The van der Waals surface area contributed by atoms with Crippen molar-refractivity contribution in [3.63, 3.8) is 0 Å². The van der Waals surface area contributed by atoms with Crippen LogP contribution >= 0.6 is 12.2 Å². The van der Waals surface area contributed by atoms with Gasteiger partial charge in [-0.05, 0) is 17.8 Å². The number of H-pyrrole nitrogens is 1. The first-order chi connectivity index (χ1) is 7.66. The quantitative estimate of drug-likeness (QED) is 0.801. The van der Waals surface area contributed by atoms with Gasteiger partial charge in [0.2, 0.25) is 0 Å². The molecule has 0 amide bonds.